The van der Waals surface area contributed by atoms with Crippen LogP contribution in [0.1, 0.15) is 5.69 Å². The topological polar surface area (TPSA) is 37.2 Å². The maximum absolute atomic E-state index is 9.23. The zero-order chi connectivity index (χ0) is 6.97. The van der Waals surface area contributed by atoms with E-state index in [0.717, 1.165) is 19.6 Å². The molecule has 0 amide bonds. The van der Waals surface area contributed by atoms with Crippen molar-refractivity contribution in [1.82, 2.24) is 9.88 Å². The summed E-state index contributed by atoms with van der Waals surface area (Å²) in [6, 6.07) is 3.68. The van der Waals surface area contributed by atoms with Crippen LogP contribution in [0.2, 0.25) is 0 Å². The minimum Gasteiger partial charge on any atom is -0.494 e. The SMILES string of the molecule is Oc1ccc2n1CCNC2. The molecule has 0 radical (unpaired) electrons. The number of hydrogen-bond donors (Lipinski definition) is 2. The third-order valence-corrected chi connectivity index (χ3v) is 1.87. The highest BCUT2D eigenvalue weighted by Crippen LogP contribution is 2.16. The summed E-state index contributed by atoms with van der Waals surface area (Å²) in [6.45, 7) is 2.71. The molecule has 0 bridgehead atoms. The van der Waals surface area contributed by atoms with Crippen molar-refractivity contribution in [2.75, 3.05) is 6.54 Å². The average Bonchev–Trinajstić information content (AvgIpc) is 2.34. The van der Waals surface area contributed by atoms with Crippen molar-refractivity contribution in [2.45, 2.75) is 13.1 Å². The Morgan fingerprint density at radius 1 is 1.50 bits per heavy atom. The largest absolute Gasteiger partial charge is 0.494 e. The molecule has 1 aliphatic heterocycles. The Labute approximate surface area is 59.3 Å². The molecule has 0 saturated carbocycles. The second-order valence-corrected chi connectivity index (χ2v) is 2.51. The Bertz CT molecular complexity index is 242. The van der Waals surface area contributed by atoms with E-state index in [1.807, 2.05) is 10.6 Å². The van der Waals surface area contributed by atoms with E-state index in [0.29, 0.717) is 5.88 Å². The fourth-order valence-electron chi connectivity index (χ4n) is 1.32. The summed E-state index contributed by atoms with van der Waals surface area (Å²) in [5.74, 6) is 0.386. The van der Waals surface area contributed by atoms with Crippen molar-refractivity contribution >= 4 is 0 Å². The lowest BCUT2D eigenvalue weighted by molar-refractivity contribution is 0.392. The van der Waals surface area contributed by atoms with Gasteiger partial charge in [0.2, 0.25) is 0 Å². The number of fused-ring (bicyclic) bond motifs is 1. The van der Waals surface area contributed by atoms with E-state index in [4.69, 9.17) is 0 Å². The van der Waals surface area contributed by atoms with Gasteiger partial charge in [0.25, 0.3) is 0 Å². The van der Waals surface area contributed by atoms with E-state index in [-0.39, 0.29) is 0 Å². The molecule has 0 aliphatic carbocycles. The number of nitrogens with one attached hydrogen (secondary N) is 1. The first-order valence-corrected chi connectivity index (χ1v) is 3.46. The van der Waals surface area contributed by atoms with Crippen LogP contribution in [0.3, 0.4) is 0 Å². The lowest BCUT2D eigenvalue weighted by atomic mass is 10.3. The summed E-state index contributed by atoms with van der Waals surface area (Å²) in [6.07, 6.45) is 0. The minimum atomic E-state index is 0.386. The zero-order valence-corrected chi connectivity index (χ0v) is 5.67. The molecule has 3 heteroatoms. The van der Waals surface area contributed by atoms with Crippen LogP contribution in [0.4, 0.5) is 0 Å². The van der Waals surface area contributed by atoms with Crippen LogP contribution in [-0.4, -0.2) is 16.2 Å². The van der Waals surface area contributed by atoms with Gasteiger partial charge in [0.05, 0.1) is 0 Å². The summed E-state index contributed by atoms with van der Waals surface area (Å²) in [7, 11) is 0. The molecule has 2 rings (SSSR count). The van der Waals surface area contributed by atoms with Crippen molar-refractivity contribution in [3.63, 3.8) is 0 Å². The van der Waals surface area contributed by atoms with Gasteiger partial charge in [-0.15, -0.1) is 0 Å². The maximum Gasteiger partial charge on any atom is 0.191 e. The predicted octanol–water partition coefficient (Wildman–Crippen LogP) is 0.297. The molecule has 54 valence electrons. The molecule has 10 heavy (non-hydrogen) atoms. The molecule has 1 aromatic heterocycles. The number of nitrogens with zero attached hydrogens (tertiary/aromatic N) is 1. The summed E-state index contributed by atoms with van der Waals surface area (Å²) < 4.78 is 1.93. The number of aromatic hydroxyl groups is 1. The highest BCUT2D eigenvalue weighted by Gasteiger charge is 2.09. The van der Waals surface area contributed by atoms with Crippen LogP contribution in [-0.2, 0) is 13.1 Å². The van der Waals surface area contributed by atoms with Gasteiger partial charge in [-0.1, -0.05) is 0 Å². The average molecular weight is 138 g/mol. The molecule has 2 heterocycles. The van der Waals surface area contributed by atoms with Crippen molar-refractivity contribution in [1.29, 1.82) is 0 Å². The van der Waals surface area contributed by atoms with Gasteiger partial charge in [-0.25, -0.2) is 0 Å². The summed E-state index contributed by atoms with van der Waals surface area (Å²) in [5, 5.41) is 12.5. The van der Waals surface area contributed by atoms with E-state index in [9.17, 15) is 5.11 Å². The highest BCUT2D eigenvalue weighted by molar-refractivity contribution is 5.21. The van der Waals surface area contributed by atoms with E-state index in [2.05, 4.69) is 5.32 Å². The van der Waals surface area contributed by atoms with E-state index in [1.54, 1.807) is 6.07 Å². The Kier molecular flexibility index (Phi) is 1.17. The van der Waals surface area contributed by atoms with Gasteiger partial charge in [0, 0.05) is 31.4 Å². The lowest BCUT2D eigenvalue weighted by Gasteiger charge is -2.16. The number of hydrogen-bond acceptors (Lipinski definition) is 2. The lowest BCUT2D eigenvalue weighted by Crippen LogP contribution is -2.27. The van der Waals surface area contributed by atoms with Crippen molar-refractivity contribution < 1.29 is 5.11 Å². The van der Waals surface area contributed by atoms with Gasteiger partial charge in [0.1, 0.15) is 0 Å². The smallest absolute Gasteiger partial charge is 0.191 e. The summed E-state index contributed by atoms with van der Waals surface area (Å²) in [4.78, 5) is 0. The first-order chi connectivity index (χ1) is 4.88. The second kappa shape index (κ2) is 2.02. The molecule has 0 fully saturated rings. The molecule has 0 atom stereocenters. The molecule has 0 aromatic carbocycles. The number of aromatic nitrogens is 1. The van der Waals surface area contributed by atoms with Crippen LogP contribution in [0.15, 0.2) is 12.1 Å². The fraction of sp³-hybridized carbons (Fsp3) is 0.429. The Balaban J connectivity index is 2.45. The molecule has 0 unspecified atom stereocenters. The standard InChI is InChI=1S/C7H10N2O/c10-7-2-1-6-5-8-3-4-9(6)7/h1-2,8,10H,3-5H2. The molecule has 0 spiro atoms. The molecular weight excluding hydrogens is 128 g/mol. The summed E-state index contributed by atoms with van der Waals surface area (Å²) in [5.41, 5.74) is 1.17. The maximum atomic E-state index is 9.23. The molecule has 3 nitrogen and oxygen atoms in total. The third-order valence-electron chi connectivity index (χ3n) is 1.87. The normalized spacial score (nSPS) is 16.8. The molecule has 0 saturated heterocycles. The Morgan fingerprint density at radius 2 is 2.40 bits per heavy atom. The molecular formula is C7H10N2O. The molecule has 1 aliphatic rings. The van der Waals surface area contributed by atoms with Gasteiger partial charge in [-0.2, -0.15) is 0 Å². The van der Waals surface area contributed by atoms with Crippen LogP contribution in [0.5, 0.6) is 5.88 Å². The van der Waals surface area contributed by atoms with Crippen molar-refractivity contribution in [3.8, 4) is 5.88 Å². The van der Waals surface area contributed by atoms with Gasteiger partial charge in [-0.3, -0.25) is 0 Å². The van der Waals surface area contributed by atoms with Gasteiger partial charge in [-0.05, 0) is 6.07 Å². The van der Waals surface area contributed by atoms with Crippen LogP contribution in [0, 0.1) is 0 Å². The van der Waals surface area contributed by atoms with Crippen LogP contribution < -0.4 is 5.32 Å². The first kappa shape index (κ1) is 5.80. The molecule has 1 aromatic rings. The highest BCUT2D eigenvalue weighted by atomic mass is 16.3. The van der Waals surface area contributed by atoms with E-state index >= 15 is 0 Å². The minimum absolute atomic E-state index is 0.386. The fourth-order valence-corrected chi connectivity index (χ4v) is 1.32. The second-order valence-electron chi connectivity index (χ2n) is 2.51. The third kappa shape index (κ3) is 0.708. The monoisotopic (exact) mass is 138 g/mol. The van der Waals surface area contributed by atoms with Gasteiger partial charge >= 0.3 is 0 Å². The van der Waals surface area contributed by atoms with E-state index < -0.39 is 0 Å². The van der Waals surface area contributed by atoms with Crippen LogP contribution >= 0.6 is 0 Å². The quantitative estimate of drug-likeness (QED) is 0.541. The van der Waals surface area contributed by atoms with Crippen LogP contribution in [0.25, 0.3) is 0 Å². The van der Waals surface area contributed by atoms with Gasteiger partial charge in [0.15, 0.2) is 5.88 Å². The predicted molar refractivity (Wildman–Crippen MR) is 37.8 cm³/mol. The van der Waals surface area contributed by atoms with Crippen molar-refractivity contribution in [3.05, 3.63) is 17.8 Å². The van der Waals surface area contributed by atoms with E-state index in [1.165, 1.54) is 5.69 Å². The number of rotatable bonds is 0. The first-order valence-electron chi connectivity index (χ1n) is 3.46. The van der Waals surface area contributed by atoms with Gasteiger partial charge < -0.3 is 15.0 Å². The summed E-state index contributed by atoms with van der Waals surface area (Å²) >= 11 is 0. The van der Waals surface area contributed by atoms with Crippen molar-refractivity contribution in [2.24, 2.45) is 0 Å². The zero-order valence-electron chi connectivity index (χ0n) is 5.67. The molecule has 2 N–H and O–H groups in total. The Morgan fingerprint density at radius 3 is 3.20 bits per heavy atom. The Hall–Kier alpha value is -0.960.